The van der Waals surface area contributed by atoms with Crippen molar-refractivity contribution in [3.8, 4) is 0 Å². The summed E-state index contributed by atoms with van der Waals surface area (Å²) in [6.45, 7) is 4.30. The van der Waals surface area contributed by atoms with Gasteiger partial charge in [0.1, 0.15) is 0 Å². The van der Waals surface area contributed by atoms with E-state index in [1.165, 1.54) is 5.56 Å². The number of hydrogen-bond donors (Lipinski definition) is 0. The van der Waals surface area contributed by atoms with Crippen LogP contribution in [-0.4, -0.2) is 0 Å². The van der Waals surface area contributed by atoms with Crippen LogP contribution in [0.15, 0.2) is 94.5 Å². The summed E-state index contributed by atoms with van der Waals surface area (Å²) in [5.74, 6) is 0.449. The maximum atomic E-state index is 12.5. The van der Waals surface area contributed by atoms with Gasteiger partial charge in [-0.3, -0.25) is 9.59 Å². The molecule has 0 radical (unpaired) electrons. The van der Waals surface area contributed by atoms with Gasteiger partial charge < -0.3 is 0 Å². The molecule has 168 valence electrons. The van der Waals surface area contributed by atoms with Crippen molar-refractivity contribution in [1.82, 2.24) is 0 Å². The van der Waals surface area contributed by atoms with Crippen molar-refractivity contribution < 1.29 is 0 Å². The summed E-state index contributed by atoms with van der Waals surface area (Å²) in [7, 11) is 0. The van der Waals surface area contributed by atoms with Crippen LogP contribution in [0.4, 0.5) is 0 Å². The van der Waals surface area contributed by atoms with Crippen LogP contribution in [0.1, 0.15) is 25.3 Å². The second kappa shape index (κ2) is 9.30. The number of fused-ring (bicyclic) bond motifs is 4. The smallest absolute Gasteiger partial charge is 0.195 e. The van der Waals surface area contributed by atoms with Gasteiger partial charge in [0.25, 0.3) is 0 Å². The third-order valence-corrected chi connectivity index (χ3v) is 8.62. The molecule has 6 rings (SSSR count). The van der Waals surface area contributed by atoms with Crippen molar-refractivity contribution in [2.75, 3.05) is 0 Å². The number of halogens is 1. The minimum absolute atomic E-state index is 0.0619. The normalized spacial score (nSPS) is 11.3. The molecule has 0 saturated heterocycles. The molecule has 0 atom stereocenters. The first-order valence-electron chi connectivity index (χ1n) is 11.0. The molecule has 34 heavy (non-hydrogen) atoms. The average molecular weight is 501 g/mol. The predicted molar refractivity (Wildman–Crippen MR) is 150 cm³/mol. The zero-order valence-electron chi connectivity index (χ0n) is 18.7. The maximum Gasteiger partial charge on any atom is 0.195 e. The molecule has 0 aliphatic heterocycles. The van der Waals surface area contributed by atoms with Gasteiger partial charge in [-0.15, -0.1) is 22.7 Å². The van der Waals surface area contributed by atoms with Gasteiger partial charge in [-0.1, -0.05) is 61.8 Å². The Labute approximate surface area is 209 Å². The number of hydrogen-bond acceptors (Lipinski definition) is 4. The van der Waals surface area contributed by atoms with Gasteiger partial charge >= 0.3 is 0 Å². The molecule has 2 heterocycles. The minimum atomic E-state index is 0.0619. The zero-order valence-corrected chi connectivity index (χ0v) is 21.1. The van der Waals surface area contributed by atoms with Crippen LogP contribution in [0.3, 0.4) is 0 Å². The Bertz CT molecular complexity index is 1800. The quantitative estimate of drug-likeness (QED) is 0.212. The molecular formula is C29H21ClO2S2. The molecule has 0 aliphatic carbocycles. The summed E-state index contributed by atoms with van der Waals surface area (Å²) in [4.78, 5) is 24.7. The first-order chi connectivity index (χ1) is 16.4. The Morgan fingerprint density at radius 3 is 1.85 bits per heavy atom. The summed E-state index contributed by atoms with van der Waals surface area (Å²) in [6, 6.07) is 27.1. The molecule has 0 N–H and O–H groups in total. The second-order valence-electron chi connectivity index (χ2n) is 8.38. The fourth-order valence-electron chi connectivity index (χ4n) is 3.97. The highest BCUT2D eigenvalue weighted by Gasteiger charge is 2.08. The molecule has 2 nitrogen and oxygen atoms in total. The van der Waals surface area contributed by atoms with Crippen LogP contribution in [0.2, 0.25) is 5.02 Å². The SMILES string of the molecule is CC(C)c1ccc2sc3ccccc3c(=O)c2c1.O=c1c2ccccc2sc2c(Cl)cccc12. The first-order valence-corrected chi connectivity index (χ1v) is 13.0. The van der Waals surface area contributed by atoms with E-state index >= 15 is 0 Å². The number of rotatable bonds is 1. The summed E-state index contributed by atoms with van der Waals surface area (Å²) < 4.78 is 3.98. The third-order valence-electron chi connectivity index (χ3n) is 5.82. The Morgan fingerprint density at radius 2 is 1.18 bits per heavy atom. The van der Waals surface area contributed by atoms with Crippen LogP contribution in [0.5, 0.6) is 0 Å². The van der Waals surface area contributed by atoms with E-state index in [9.17, 15) is 9.59 Å². The van der Waals surface area contributed by atoms with Crippen molar-refractivity contribution in [2.24, 2.45) is 0 Å². The molecule has 0 spiro atoms. The summed E-state index contributed by atoms with van der Waals surface area (Å²) in [6.07, 6.45) is 0. The Balaban J connectivity index is 0.000000142. The predicted octanol–water partition coefficient (Wildman–Crippen LogP) is 8.61. The van der Waals surface area contributed by atoms with Gasteiger partial charge in [0.2, 0.25) is 0 Å². The summed E-state index contributed by atoms with van der Waals surface area (Å²) in [5, 5.41) is 3.80. The van der Waals surface area contributed by atoms with Gasteiger partial charge in [0, 0.05) is 35.6 Å². The van der Waals surface area contributed by atoms with Crippen LogP contribution in [-0.2, 0) is 0 Å². The van der Waals surface area contributed by atoms with E-state index in [1.807, 2.05) is 72.8 Å². The molecule has 0 fully saturated rings. The van der Waals surface area contributed by atoms with Gasteiger partial charge in [-0.2, -0.15) is 0 Å². The highest BCUT2D eigenvalue weighted by molar-refractivity contribution is 7.25. The molecular weight excluding hydrogens is 480 g/mol. The van der Waals surface area contributed by atoms with E-state index in [2.05, 4.69) is 26.0 Å². The van der Waals surface area contributed by atoms with Crippen molar-refractivity contribution in [3.05, 3.63) is 116 Å². The van der Waals surface area contributed by atoms with Crippen molar-refractivity contribution in [3.63, 3.8) is 0 Å². The Kier molecular flexibility index (Phi) is 6.22. The average Bonchev–Trinajstić information content (AvgIpc) is 2.85. The molecule has 5 heteroatoms. The fraction of sp³-hybridized carbons (Fsp3) is 0.103. The first kappa shape index (κ1) is 22.7. The van der Waals surface area contributed by atoms with Gasteiger partial charge in [-0.25, -0.2) is 0 Å². The summed E-state index contributed by atoms with van der Waals surface area (Å²) >= 11 is 9.35. The van der Waals surface area contributed by atoms with Crippen LogP contribution in [0, 0.1) is 0 Å². The highest BCUT2D eigenvalue weighted by atomic mass is 35.5. The van der Waals surface area contributed by atoms with Crippen molar-refractivity contribution in [2.45, 2.75) is 19.8 Å². The molecule has 0 aliphatic rings. The van der Waals surface area contributed by atoms with E-state index < -0.39 is 0 Å². The van der Waals surface area contributed by atoms with Crippen LogP contribution < -0.4 is 10.9 Å². The fourth-order valence-corrected chi connectivity index (χ4v) is 6.39. The Morgan fingerprint density at radius 1 is 0.618 bits per heavy atom. The van der Waals surface area contributed by atoms with Crippen LogP contribution >= 0.6 is 34.3 Å². The highest BCUT2D eigenvalue weighted by Crippen LogP contribution is 2.30. The van der Waals surface area contributed by atoms with Crippen molar-refractivity contribution >= 4 is 74.6 Å². The van der Waals surface area contributed by atoms with Gasteiger partial charge in [0.15, 0.2) is 10.9 Å². The van der Waals surface area contributed by atoms with E-state index in [4.69, 9.17) is 11.6 Å². The van der Waals surface area contributed by atoms with Gasteiger partial charge in [0.05, 0.1) is 9.72 Å². The lowest BCUT2D eigenvalue weighted by Crippen LogP contribution is -2.01. The molecule has 0 amide bonds. The minimum Gasteiger partial charge on any atom is -0.289 e. The molecule has 4 aromatic carbocycles. The molecule has 0 saturated carbocycles. The Hall–Kier alpha value is -3.05. The third kappa shape index (κ3) is 4.14. The second-order valence-corrected chi connectivity index (χ2v) is 10.9. The van der Waals surface area contributed by atoms with E-state index in [0.29, 0.717) is 16.3 Å². The maximum absolute atomic E-state index is 12.5. The monoisotopic (exact) mass is 500 g/mol. The van der Waals surface area contributed by atoms with Crippen molar-refractivity contribution in [1.29, 1.82) is 0 Å². The largest absolute Gasteiger partial charge is 0.289 e. The molecule has 2 aromatic heterocycles. The molecule has 0 unspecified atom stereocenters. The van der Waals surface area contributed by atoms with Gasteiger partial charge in [-0.05, 0) is 60.0 Å². The lowest BCUT2D eigenvalue weighted by molar-refractivity contribution is 0.869. The van der Waals surface area contributed by atoms with Crippen LogP contribution in [0.25, 0.3) is 40.3 Å². The zero-order chi connectivity index (χ0) is 23.8. The lowest BCUT2D eigenvalue weighted by atomic mass is 10.0. The topological polar surface area (TPSA) is 34.1 Å². The lowest BCUT2D eigenvalue weighted by Gasteiger charge is -2.07. The van der Waals surface area contributed by atoms with E-state index in [1.54, 1.807) is 22.7 Å². The standard InChI is InChI=1S/C16H14OS.C13H7ClOS/c1-10(2)11-7-8-15-13(9-11)16(17)12-5-3-4-6-14(12)18-15;14-10-6-3-5-9-12(15)8-4-1-2-7-11(8)16-13(9)10/h3-10H,1-2H3;1-7H. The van der Waals surface area contributed by atoms with E-state index in [-0.39, 0.29) is 10.9 Å². The van der Waals surface area contributed by atoms with E-state index in [0.717, 1.165) is 35.0 Å². The molecule has 6 aromatic rings. The summed E-state index contributed by atoms with van der Waals surface area (Å²) in [5.41, 5.74) is 1.44. The number of benzene rings is 4. The molecule has 0 bridgehead atoms.